The van der Waals surface area contributed by atoms with Gasteiger partial charge in [-0.05, 0) is 72.0 Å². The number of methoxy groups -OCH3 is 1. The fourth-order valence-corrected chi connectivity index (χ4v) is 5.28. The number of hydrogen-bond donors (Lipinski definition) is 1. The van der Waals surface area contributed by atoms with E-state index in [-0.39, 0.29) is 43.4 Å². The summed E-state index contributed by atoms with van der Waals surface area (Å²) >= 11 is 0. The summed E-state index contributed by atoms with van der Waals surface area (Å²) in [4.78, 5) is 41.8. The summed E-state index contributed by atoms with van der Waals surface area (Å²) in [5.41, 5.74) is 2.65. The van der Waals surface area contributed by atoms with Crippen molar-refractivity contribution in [1.29, 1.82) is 0 Å². The standard InChI is InChI=1S/C32H34FN3O6/c1-35(2)29(37)11-12-30(38)36-15-13-20-17-22-6-8-24(20)31(36)21-5-10-27(40-3)28(18-21)41-16-4-14-34-32(39)25-19-23(42-22)7-9-26(25)33/h5-10,17-19,31H,4,11-16H2,1-3H3,(H,34,39). The van der Waals surface area contributed by atoms with Crippen LogP contribution in [0.4, 0.5) is 4.39 Å². The van der Waals surface area contributed by atoms with Crippen molar-refractivity contribution in [3.8, 4) is 23.0 Å². The number of halogens is 1. The van der Waals surface area contributed by atoms with Gasteiger partial charge in [0.1, 0.15) is 17.3 Å². The third-order valence-corrected chi connectivity index (χ3v) is 7.50. The van der Waals surface area contributed by atoms with Crippen LogP contribution in [0.5, 0.6) is 23.0 Å². The van der Waals surface area contributed by atoms with Crippen molar-refractivity contribution in [2.45, 2.75) is 31.7 Å². The normalized spacial score (nSPS) is 16.3. The fraction of sp³-hybridized carbons (Fsp3) is 0.344. The molecule has 3 amide bonds. The number of fused-ring (bicyclic) bond motifs is 6. The first-order chi connectivity index (χ1) is 20.2. The lowest BCUT2D eigenvalue weighted by Gasteiger charge is -2.38. The summed E-state index contributed by atoms with van der Waals surface area (Å²) in [6, 6.07) is 14.9. The molecule has 1 N–H and O–H groups in total. The number of hydrogen-bond acceptors (Lipinski definition) is 6. The van der Waals surface area contributed by atoms with Crippen LogP contribution < -0.4 is 19.5 Å². The fourth-order valence-electron chi connectivity index (χ4n) is 5.28. The number of nitrogens with one attached hydrogen (secondary N) is 1. The minimum atomic E-state index is -0.641. The highest BCUT2D eigenvalue weighted by atomic mass is 19.1. The van der Waals surface area contributed by atoms with Gasteiger partial charge in [0.2, 0.25) is 11.8 Å². The van der Waals surface area contributed by atoms with E-state index in [9.17, 15) is 18.8 Å². The molecule has 0 saturated heterocycles. The number of carbonyl (C=O) groups excluding carboxylic acids is 3. The van der Waals surface area contributed by atoms with E-state index >= 15 is 0 Å². The molecule has 0 aromatic heterocycles. The Labute approximate surface area is 244 Å². The van der Waals surface area contributed by atoms with Crippen LogP contribution in [0.1, 0.15) is 52.4 Å². The van der Waals surface area contributed by atoms with Gasteiger partial charge in [-0.1, -0.05) is 12.1 Å². The van der Waals surface area contributed by atoms with Crippen molar-refractivity contribution >= 4 is 17.7 Å². The van der Waals surface area contributed by atoms with E-state index in [1.807, 2.05) is 35.2 Å². The van der Waals surface area contributed by atoms with Crippen molar-refractivity contribution < 1.29 is 33.0 Å². The number of rotatable bonds is 4. The van der Waals surface area contributed by atoms with E-state index in [0.29, 0.717) is 42.4 Å². The van der Waals surface area contributed by atoms with Crippen LogP contribution in [0.15, 0.2) is 54.6 Å². The monoisotopic (exact) mass is 575 g/mol. The molecule has 3 heterocycles. The van der Waals surface area contributed by atoms with Crippen molar-refractivity contribution in [3.05, 3.63) is 82.7 Å². The zero-order chi connectivity index (χ0) is 29.8. The Morgan fingerprint density at radius 2 is 1.86 bits per heavy atom. The summed E-state index contributed by atoms with van der Waals surface area (Å²) in [5, 5.41) is 2.73. The highest BCUT2D eigenvalue weighted by molar-refractivity contribution is 5.94. The largest absolute Gasteiger partial charge is 0.493 e. The molecule has 3 aromatic carbocycles. The molecule has 42 heavy (non-hydrogen) atoms. The zero-order valence-corrected chi connectivity index (χ0v) is 23.9. The Bertz CT molecular complexity index is 1510. The molecule has 3 aliphatic heterocycles. The van der Waals surface area contributed by atoms with Gasteiger partial charge < -0.3 is 29.3 Å². The van der Waals surface area contributed by atoms with E-state index < -0.39 is 17.8 Å². The van der Waals surface area contributed by atoms with E-state index in [1.54, 1.807) is 27.3 Å². The van der Waals surface area contributed by atoms with Crippen molar-refractivity contribution in [2.75, 3.05) is 40.9 Å². The first-order valence-electron chi connectivity index (χ1n) is 13.9. The average molecular weight is 576 g/mol. The maximum absolute atomic E-state index is 14.5. The van der Waals surface area contributed by atoms with Crippen LogP contribution in [0.2, 0.25) is 0 Å². The first kappa shape index (κ1) is 28.9. The molecule has 220 valence electrons. The molecular formula is C32H34FN3O6. The van der Waals surface area contributed by atoms with E-state index in [0.717, 1.165) is 16.7 Å². The van der Waals surface area contributed by atoms with Crippen molar-refractivity contribution in [3.63, 3.8) is 0 Å². The SMILES string of the molecule is COc1ccc2cc1OCCCNC(=O)c1cc(ccc1F)Oc1ccc3c(c1)CCN(C(=O)CCC(=O)N(C)C)C23. The van der Waals surface area contributed by atoms with Crippen LogP contribution in [0, 0.1) is 5.82 Å². The van der Waals surface area contributed by atoms with Crippen LogP contribution in [0.25, 0.3) is 0 Å². The third-order valence-electron chi connectivity index (χ3n) is 7.50. The van der Waals surface area contributed by atoms with Crippen LogP contribution >= 0.6 is 0 Å². The van der Waals surface area contributed by atoms with Gasteiger partial charge in [-0.15, -0.1) is 0 Å². The van der Waals surface area contributed by atoms with Gasteiger partial charge in [-0.3, -0.25) is 14.4 Å². The third kappa shape index (κ3) is 6.17. The molecule has 9 nitrogen and oxygen atoms in total. The highest BCUT2D eigenvalue weighted by Crippen LogP contribution is 2.41. The van der Waals surface area contributed by atoms with E-state index in [4.69, 9.17) is 14.2 Å². The lowest BCUT2D eigenvalue weighted by atomic mass is 9.87. The topological polar surface area (TPSA) is 97.4 Å². The molecule has 0 fully saturated rings. The minimum Gasteiger partial charge on any atom is -0.493 e. The molecule has 1 atom stereocenters. The van der Waals surface area contributed by atoms with Gasteiger partial charge in [-0.2, -0.15) is 0 Å². The Morgan fingerprint density at radius 1 is 1.07 bits per heavy atom. The predicted molar refractivity (Wildman–Crippen MR) is 154 cm³/mol. The van der Waals surface area contributed by atoms with Crippen molar-refractivity contribution in [2.24, 2.45) is 0 Å². The van der Waals surface area contributed by atoms with Gasteiger partial charge in [0.05, 0.1) is 25.3 Å². The zero-order valence-electron chi connectivity index (χ0n) is 23.9. The summed E-state index contributed by atoms with van der Waals surface area (Å²) < 4.78 is 32.1. The number of benzene rings is 3. The van der Waals surface area contributed by atoms with Gasteiger partial charge in [0.25, 0.3) is 5.91 Å². The first-order valence-corrected chi connectivity index (χ1v) is 13.9. The van der Waals surface area contributed by atoms with Crippen LogP contribution in [-0.4, -0.2) is 68.4 Å². The summed E-state index contributed by atoms with van der Waals surface area (Å²) in [7, 11) is 4.90. The van der Waals surface area contributed by atoms with Gasteiger partial charge in [-0.25, -0.2) is 4.39 Å². The van der Waals surface area contributed by atoms with Gasteiger partial charge in [0.15, 0.2) is 11.5 Å². The number of nitrogens with zero attached hydrogens (tertiary/aromatic N) is 2. The molecule has 3 aliphatic rings. The molecule has 0 aliphatic carbocycles. The van der Waals surface area contributed by atoms with Crippen LogP contribution in [-0.2, 0) is 16.0 Å². The smallest absolute Gasteiger partial charge is 0.254 e. The summed E-state index contributed by atoms with van der Waals surface area (Å²) in [6.45, 7) is 0.983. The van der Waals surface area contributed by atoms with Gasteiger partial charge >= 0.3 is 0 Å². The molecule has 3 aromatic rings. The lowest BCUT2D eigenvalue weighted by molar-refractivity contribution is -0.137. The summed E-state index contributed by atoms with van der Waals surface area (Å²) in [5.74, 6) is 0.501. The average Bonchev–Trinajstić information content (AvgIpc) is 2.99. The Kier molecular flexibility index (Phi) is 8.61. The molecule has 6 rings (SSSR count). The second kappa shape index (κ2) is 12.5. The molecule has 1 unspecified atom stereocenters. The molecule has 10 heteroatoms. The summed E-state index contributed by atoms with van der Waals surface area (Å²) in [6.07, 6.45) is 1.27. The molecule has 0 saturated carbocycles. The molecule has 0 spiro atoms. The lowest BCUT2D eigenvalue weighted by Crippen LogP contribution is -2.41. The number of ether oxygens (including phenoxy) is 3. The number of amides is 3. The van der Waals surface area contributed by atoms with E-state index in [1.165, 1.54) is 23.1 Å². The molecule has 8 bridgehead atoms. The second-order valence-electron chi connectivity index (χ2n) is 10.5. The maximum Gasteiger partial charge on any atom is 0.254 e. The van der Waals surface area contributed by atoms with Gasteiger partial charge in [0, 0.05) is 40.0 Å². The van der Waals surface area contributed by atoms with E-state index in [2.05, 4.69) is 5.32 Å². The quantitative estimate of drug-likeness (QED) is 0.493. The predicted octanol–water partition coefficient (Wildman–Crippen LogP) is 4.48. The van der Waals surface area contributed by atoms with Crippen molar-refractivity contribution in [1.82, 2.24) is 15.1 Å². The Hall–Kier alpha value is -4.60. The maximum atomic E-state index is 14.5. The molecular weight excluding hydrogens is 541 g/mol. The van der Waals surface area contributed by atoms with Crippen LogP contribution in [0.3, 0.4) is 0 Å². The number of carbonyl (C=O) groups is 3. The molecule has 0 radical (unpaired) electrons. The Morgan fingerprint density at radius 3 is 2.64 bits per heavy atom. The second-order valence-corrected chi connectivity index (χ2v) is 10.5. The Balaban J connectivity index is 1.56. The highest BCUT2D eigenvalue weighted by Gasteiger charge is 2.33. The minimum absolute atomic E-state index is 0.0994.